The summed E-state index contributed by atoms with van der Waals surface area (Å²) in [5.41, 5.74) is 12.9. The summed E-state index contributed by atoms with van der Waals surface area (Å²) in [6.07, 6.45) is 0. The molecule has 0 fully saturated rings. The van der Waals surface area contributed by atoms with Gasteiger partial charge >= 0.3 is 0 Å². The smallest absolute Gasteiger partial charge is 0.182 e. The van der Waals surface area contributed by atoms with Gasteiger partial charge in [0.2, 0.25) is 0 Å². The van der Waals surface area contributed by atoms with Crippen LogP contribution in [0.2, 0.25) is 0 Å². The van der Waals surface area contributed by atoms with Crippen molar-refractivity contribution in [2.24, 2.45) is 5.73 Å². The summed E-state index contributed by atoms with van der Waals surface area (Å²) < 4.78 is 1.04. The molecule has 0 aliphatic heterocycles. The Bertz CT molecular complexity index is 327. The molecule has 0 amide bonds. The molecule has 0 heterocycles. The summed E-state index contributed by atoms with van der Waals surface area (Å²) in [6.45, 7) is 2.02. The van der Waals surface area contributed by atoms with Crippen molar-refractivity contribution < 1.29 is 0 Å². The van der Waals surface area contributed by atoms with E-state index in [2.05, 4.69) is 39.0 Å². The predicted molar refractivity (Wildman–Crippen MR) is 62.4 cm³/mol. The normalized spacial score (nSPS) is 9.38. The molecular formula is C8H10BrN3S. The number of hydrazine groups is 1. The Morgan fingerprint density at radius 2 is 2.23 bits per heavy atom. The Morgan fingerprint density at radius 3 is 2.77 bits per heavy atom. The predicted octanol–water partition coefficient (Wildman–Crippen LogP) is 1.92. The van der Waals surface area contributed by atoms with E-state index in [1.54, 1.807) is 0 Å². The van der Waals surface area contributed by atoms with E-state index in [1.807, 2.05) is 25.1 Å². The number of nitrogens with one attached hydrogen (secondary N) is 2. The van der Waals surface area contributed by atoms with Crippen LogP contribution in [0.4, 0.5) is 5.69 Å². The summed E-state index contributed by atoms with van der Waals surface area (Å²) in [5.74, 6) is 0. The van der Waals surface area contributed by atoms with Crippen molar-refractivity contribution in [2.45, 2.75) is 6.92 Å². The first kappa shape index (κ1) is 10.3. The van der Waals surface area contributed by atoms with Gasteiger partial charge in [0.25, 0.3) is 0 Å². The number of thiocarbonyl (C=S) groups is 1. The van der Waals surface area contributed by atoms with Gasteiger partial charge in [0.1, 0.15) is 0 Å². The summed E-state index contributed by atoms with van der Waals surface area (Å²) in [5, 5.41) is 0.219. The number of aryl methyl sites for hydroxylation is 1. The van der Waals surface area contributed by atoms with Gasteiger partial charge in [-0.3, -0.25) is 10.9 Å². The molecule has 3 nitrogen and oxygen atoms in total. The molecule has 0 unspecified atom stereocenters. The minimum atomic E-state index is 0.219. The van der Waals surface area contributed by atoms with Gasteiger partial charge < -0.3 is 5.73 Å². The molecule has 13 heavy (non-hydrogen) atoms. The molecule has 1 rings (SSSR count). The van der Waals surface area contributed by atoms with Crippen molar-refractivity contribution >= 4 is 38.9 Å². The highest BCUT2D eigenvalue weighted by Gasteiger charge is 1.96. The number of hydrogen-bond acceptors (Lipinski definition) is 2. The molecule has 0 atom stereocenters. The maximum Gasteiger partial charge on any atom is 0.182 e. The average Bonchev–Trinajstić information content (AvgIpc) is 2.07. The molecule has 5 heteroatoms. The third kappa shape index (κ3) is 3.20. The zero-order chi connectivity index (χ0) is 9.84. The summed E-state index contributed by atoms with van der Waals surface area (Å²) >= 11 is 8.07. The van der Waals surface area contributed by atoms with E-state index in [0.29, 0.717) is 0 Å². The largest absolute Gasteiger partial charge is 0.375 e. The van der Waals surface area contributed by atoms with Crippen LogP contribution in [0.25, 0.3) is 0 Å². The third-order valence-electron chi connectivity index (χ3n) is 1.50. The van der Waals surface area contributed by atoms with Crippen LogP contribution in [0.15, 0.2) is 22.7 Å². The van der Waals surface area contributed by atoms with E-state index in [9.17, 15) is 0 Å². The molecule has 4 N–H and O–H groups in total. The highest BCUT2D eigenvalue weighted by molar-refractivity contribution is 9.10. The minimum absolute atomic E-state index is 0.219. The fourth-order valence-corrected chi connectivity index (χ4v) is 1.23. The van der Waals surface area contributed by atoms with Gasteiger partial charge in [0, 0.05) is 4.47 Å². The van der Waals surface area contributed by atoms with Gasteiger partial charge in [0.15, 0.2) is 5.11 Å². The Balaban J connectivity index is 2.68. The minimum Gasteiger partial charge on any atom is -0.375 e. The van der Waals surface area contributed by atoms with Gasteiger partial charge in [-0.2, -0.15) is 0 Å². The highest BCUT2D eigenvalue weighted by Crippen LogP contribution is 2.19. The molecule has 0 aliphatic rings. The van der Waals surface area contributed by atoms with Crippen molar-refractivity contribution in [1.29, 1.82) is 0 Å². The SMILES string of the molecule is Cc1ccc(NNC(N)=S)cc1Br. The lowest BCUT2D eigenvalue weighted by molar-refractivity contribution is 1.12. The molecule has 0 saturated heterocycles. The quantitative estimate of drug-likeness (QED) is 0.561. The molecule has 0 aliphatic carbocycles. The Hall–Kier alpha value is -0.810. The van der Waals surface area contributed by atoms with Crippen molar-refractivity contribution in [3.05, 3.63) is 28.2 Å². The fraction of sp³-hybridized carbons (Fsp3) is 0.125. The number of hydrogen-bond donors (Lipinski definition) is 3. The average molecular weight is 260 g/mol. The molecule has 0 bridgehead atoms. The van der Waals surface area contributed by atoms with Crippen molar-refractivity contribution in [3.8, 4) is 0 Å². The first-order valence-corrected chi connectivity index (χ1v) is 4.87. The van der Waals surface area contributed by atoms with Crippen molar-refractivity contribution in [1.82, 2.24) is 5.43 Å². The standard InChI is InChI=1S/C8H10BrN3S/c1-5-2-3-6(4-7(5)9)11-12-8(10)13/h2-4,11H,1H3,(H3,10,12,13). The first-order valence-electron chi connectivity index (χ1n) is 3.67. The van der Waals surface area contributed by atoms with Gasteiger partial charge in [0.05, 0.1) is 5.69 Å². The van der Waals surface area contributed by atoms with Crippen LogP contribution < -0.4 is 16.6 Å². The van der Waals surface area contributed by atoms with Crippen LogP contribution in [0.3, 0.4) is 0 Å². The van der Waals surface area contributed by atoms with Crippen LogP contribution in [0, 0.1) is 6.92 Å². The Kier molecular flexibility index (Phi) is 3.50. The van der Waals surface area contributed by atoms with Crippen LogP contribution in [0.5, 0.6) is 0 Å². The number of nitrogens with two attached hydrogens (primary N) is 1. The summed E-state index contributed by atoms with van der Waals surface area (Å²) in [7, 11) is 0. The first-order chi connectivity index (χ1) is 6.09. The molecule has 1 aromatic carbocycles. The third-order valence-corrected chi connectivity index (χ3v) is 2.46. The maximum absolute atomic E-state index is 5.25. The number of halogens is 1. The topological polar surface area (TPSA) is 50.1 Å². The van der Waals surface area contributed by atoms with Crippen LogP contribution in [0.1, 0.15) is 5.56 Å². The molecule has 70 valence electrons. The van der Waals surface area contributed by atoms with Crippen LogP contribution >= 0.6 is 28.1 Å². The second-order valence-corrected chi connectivity index (χ2v) is 3.87. The molecular weight excluding hydrogens is 250 g/mol. The van der Waals surface area contributed by atoms with E-state index < -0.39 is 0 Å². The summed E-state index contributed by atoms with van der Waals surface area (Å²) in [4.78, 5) is 0. The molecule has 0 radical (unpaired) electrons. The number of benzene rings is 1. The highest BCUT2D eigenvalue weighted by atomic mass is 79.9. The van der Waals surface area contributed by atoms with Crippen molar-refractivity contribution in [3.63, 3.8) is 0 Å². The molecule has 0 spiro atoms. The van der Waals surface area contributed by atoms with E-state index in [0.717, 1.165) is 10.2 Å². The van der Waals surface area contributed by atoms with Gasteiger partial charge in [-0.1, -0.05) is 22.0 Å². The lowest BCUT2D eigenvalue weighted by Gasteiger charge is -2.08. The number of anilines is 1. The van der Waals surface area contributed by atoms with Gasteiger partial charge in [-0.15, -0.1) is 0 Å². The lowest BCUT2D eigenvalue weighted by atomic mass is 10.2. The second-order valence-electron chi connectivity index (χ2n) is 2.58. The number of rotatable bonds is 2. The Labute approximate surface area is 90.8 Å². The molecule has 0 saturated carbocycles. The van der Waals surface area contributed by atoms with Crippen LogP contribution in [-0.2, 0) is 0 Å². The zero-order valence-electron chi connectivity index (χ0n) is 7.10. The Morgan fingerprint density at radius 1 is 1.54 bits per heavy atom. The summed E-state index contributed by atoms with van der Waals surface area (Å²) in [6, 6.07) is 5.87. The molecule has 1 aromatic rings. The van der Waals surface area contributed by atoms with E-state index in [-0.39, 0.29) is 5.11 Å². The zero-order valence-corrected chi connectivity index (χ0v) is 9.50. The van der Waals surface area contributed by atoms with Crippen molar-refractivity contribution in [2.75, 3.05) is 5.43 Å². The van der Waals surface area contributed by atoms with E-state index in [1.165, 1.54) is 5.56 Å². The van der Waals surface area contributed by atoms with E-state index in [4.69, 9.17) is 5.73 Å². The lowest BCUT2D eigenvalue weighted by Crippen LogP contribution is -2.33. The van der Waals surface area contributed by atoms with E-state index >= 15 is 0 Å². The van der Waals surface area contributed by atoms with Gasteiger partial charge in [-0.25, -0.2) is 0 Å². The van der Waals surface area contributed by atoms with Crippen LogP contribution in [-0.4, -0.2) is 5.11 Å². The monoisotopic (exact) mass is 259 g/mol. The fourth-order valence-electron chi connectivity index (χ4n) is 0.804. The maximum atomic E-state index is 5.25. The van der Waals surface area contributed by atoms with Gasteiger partial charge in [-0.05, 0) is 36.8 Å². The molecule has 0 aromatic heterocycles. The second kappa shape index (κ2) is 4.43.